The summed E-state index contributed by atoms with van der Waals surface area (Å²) in [5.41, 5.74) is 3.76. The summed E-state index contributed by atoms with van der Waals surface area (Å²) in [5, 5.41) is 6.88. The van der Waals surface area contributed by atoms with Crippen molar-refractivity contribution in [1.29, 1.82) is 0 Å². The number of thiocarbonyl (C=S) groups is 1. The Morgan fingerprint density at radius 1 is 0.970 bits per heavy atom. The minimum absolute atomic E-state index is 0.125. The average Bonchev–Trinajstić information content (AvgIpc) is 3.46. The molecule has 2 N–H and O–H groups in total. The monoisotopic (exact) mass is 453 g/mol. The zero-order valence-corrected chi connectivity index (χ0v) is 18.7. The molecule has 3 heterocycles. The van der Waals surface area contributed by atoms with Gasteiger partial charge in [0.15, 0.2) is 5.11 Å². The highest BCUT2D eigenvalue weighted by atomic mass is 32.1. The van der Waals surface area contributed by atoms with Crippen molar-refractivity contribution in [2.45, 2.75) is 12.1 Å². The van der Waals surface area contributed by atoms with Crippen LogP contribution < -0.4 is 10.6 Å². The largest absolute Gasteiger partial charge is 0.352 e. The second-order valence-corrected chi connectivity index (χ2v) is 8.24. The first kappa shape index (κ1) is 20.9. The summed E-state index contributed by atoms with van der Waals surface area (Å²) in [6.45, 7) is 0.130. The fourth-order valence-corrected chi connectivity index (χ4v) is 4.47. The zero-order valence-electron chi connectivity index (χ0n) is 17.8. The predicted molar refractivity (Wildman–Crippen MR) is 133 cm³/mol. The van der Waals surface area contributed by atoms with Crippen LogP contribution in [0.15, 0.2) is 104 Å². The molecule has 6 nitrogen and oxygen atoms in total. The normalized spacial score (nSPS) is 17.6. The van der Waals surface area contributed by atoms with Gasteiger partial charge in [-0.15, -0.1) is 0 Å². The third-order valence-electron chi connectivity index (χ3n) is 5.68. The fourth-order valence-electron chi connectivity index (χ4n) is 4.16. The lowest BCUT2D eigenvalue weighted by atomic mass is 9.99. The molecule has 7 heteroatoms. The first-order chi connectivity index (χ1) is 16.2. The summed E-state index contributed by atoms with van der Waals surface area (Å²) in [5.74, 6) is -0.125. The summed E-state index contributed by atoms with van der Waals surface area (Å²) in [6.07, 6.45) is 5.90. The van der Waals surface area contributed by atoms with Crippen LogP contribution >= 0.6 is 12.2 Å². The topological polar surface area (TPSA) is 62.2 Å². The van der Waals surface area contributed by atoms with Crippen molar-refractivity contribution < 1.29 is 4.79 Å². The Kier molecular flexibility index (Phi) is 5.87. The van der Waals surface area contributed by atoms with Crippen LogP contribution in [-0.4, -0.2) is 32.0 Å². The highest BCUT2D eigenvalue weighted by molar-refractivity contribution is 7.80. The van der Waals surface area contributed by atoms with Crippen molar-refractivity contribution in [3.8, 4) is 5.69 Å². The van der Waals surface area contributed by atoms with E-state index in [2.05, 4.69) is 44.6 Å². The number of para-hydroxylation sites is 2. The van der Waals surface area contributed by atoms with Crippen LogP contribution in [0.25, 0.3) is 5.69 Å². The maximum absolute atomic E-state index is 12.9. The molecule has 1 amide bonds. The first-order valence-electron chi connectivity index (χ1n) is 10.8. The number of anilines is 1. The lowest BCUT2D eigenvalue weighted by Gasteiger charge is -2.26. The summed E-state index contributed by atoms with van der Waals surface area (Å²) in [7, 11) is 0. The number of carbonyl (C=O) groups excluding carboxylic acids is 1. The number of hydrogen-bond acceptors (Lipinski definition) is 3. The van der Waals surface area contributed by atoms with E-state index in [1.165, 1.54) is 0 Å². The van der Waals surface area contributed by atoms with Crippen LogP contribution in [0.1, 0.15) is 23.3 Å². The first-order valence-corrected chi connectivity index (χ1v) is 11.2. The van der Waals surface area contributed by atoms with Crippen molar-refractivity contribution in [1.82, 2.24) is 19.8 Å². The number of benzene rings is 2. The standard InChI is InChI=1S/C26H23N5OS/c32-23(28-20-9-3-1-4-10-20)18-31-25(24(29-26(31)33)22-13-7-8-15-27-22)19-14-16-30(17-19)21-11-5-2-6-12-21/h1-17,24-25H,18H2,(H,28,32)(H,29,33). The number of pyridine rings is 1. The van der Waals surface area contributed by atoms with E-state index in [4.69, 9.17) is 12.2 Å². The van der Waals surface area contributed by atoms with E-state index >= 15 is 0 Å². The molecule has 4 aromatic rings. The van der Waals surface area contributed by atoms with Gasteiger partial charge < -0.3 is 20.1 Å². The zero-order chi connectivity index (χ0) is 22.6. The highest BCUT2D eigenvalue weighted by Gasteiger charge is 2.41. The fraction of sp³-hybridized carbons (Fsp3) is 0.115. The molecule has 2 atom stereocenters. The molecule has 2 unspecified atom stereocenters. The van der Waals surface area contributed by atoms with Crippen molar-refractivity contribution in [3.05, 3.63) is 115 Å². The van der Waals surface area contributed by atoms with Crippen LogP contribution in [-0.2, 0) is 4.79 Å². The Labute approximate surface area is 197 Å². The van der Waals surface area contributed by atoms with Crippen molar-refractivity contribution >= 4 is 28.9 Å². The van der Waals surface area contributed by atoms with E-state index in [1.807, 2.05) is 77.8 Å². The Balaban J connectivity index is 1.46. The Morgan fingerprint density at radius 3 is 2.42 bits per heavy atom. The van der Waals surface area contributed by atoms with E-state index in [0.717, 1.165) is 22.6 Å². The van der Waals surface area contributed by atoms with Gasteiger partial charge in [0.05, 0.1) is 17.8 Å². The number of hydrogen-bond donors (Lipinski definition) is 2. The van der Waals surface area contributed by atoms with Gasteiger partial charge in [0.1, 0.15) is 6.54 Å². The van der Waals surface area contributed by atoms with Crippen molar-refractivity contribution in [3.63, 3.8) is 0 Å². The molecule has 1 aliphatic heterocycles. The van der Waals surface area contributed by atoms with Crippen molar-refractivity contribution in [2.75, 3.05) is 11.9 Å². The Bertz CT molecular complexity index is 1240. The molecule has 0 radical (unpaired) electrons. The molecule has 0 bridgehead atoms. The van der Waals surface area contributed by atoms with Gasteiger partial charge in [0, 0.05) is 30.0 Å². The van der Waals surface area contributed by atoms with Gasteiger partial charge in [-0.1, -0.05) is 42.5 Å². The number of nitrogens with zero attached hydrogens (tertiary/aromatic N) is 3. The van der Waals surface area contributed by atoms with Crippen LogP contribution in [0, 0.1) is 0 Å². The molecule has 1 saturated heterocycles. The number of carbonyl (C=O) groups is 1. The molecule has 33 heavy (non-hydrogen) atoms. The van der Waals surface area contributed by atoms with Gasteiger partial charge >= 0.3 is 0 Å². The van der Waals surface area contributed by atoms with Gasteiger partial charge in [-0.3, -0.25) is 9.78 Å². The van der Waals surface area contributed by atoms with Crippen molar-refractivity contribution in [2.24, 2.45) is 0 Å². The van der Waals surface area contributed by atoms with Crippen LogP contribution in [0.2, 0.25) is 0 Å². The van der Waals surface area contributed by atoms with E-state index in [9.17, 15) is 4.79 Å². The molecule has 1 aliphatic rings. The minimum Gasteiger partial charge on any atom is -0.352 e. The predicted octanol–water partition coefficient (Wildman–Crippen LogP) is 4.48. The molecule has 0 aliphatic carbocycles. The van der Waals surface area contributed by atoms with Gasteiger partial charge in [0.2, 0.25) is 5.91 Å². The van der Waals surface area contributed by atoms with E-state index in [1.54, 1.807) is 6.20 Å². The lowest BCUT2D eigenvalue weighted by molar-refractivity contribution is -0.116. The Morgan fingerprint density at radius 2 is 1.70 bits per heavy atom. The van der Waals surface area contributed by atoms with Gasteiger partial charge in [0.25, 0.3) is 0 Å². The highest BCUT2D eigenvalue weighted by Crippen LogP contribution is 2.38. The molecule has 0 spiro atoms. The number of nitrogens with one attached hydrogen (secondary N) is 2. The summed E-state index contributed by atoms with van der Waals surface area (Å²) >= 11 is 5.68. The third-order valence-corrected chi connectivity index (χ3v) is 6.03. The SMILES string of the molecule is O=C(CN1C(=S)NC(c2ccccn2)C1c1ccn(-c2ccccc2)c1)Nc1ccccc1. The average molecular weight is 454 g/mol. The molecule has 1 fully saturated rings. The number of rotatable bonds is 6. The van der Waals surface area contributed by atoms with Crippen LogP contribution in [0.3, 0.4) is 0 Å². The van der Waals surface area contributed by atoms with E-state index in [0.29, 0.717) is 5.11 Å². The summed E-state index contributed by atoms with van der Waals surface area (Å²) < 4.78 is 2.08. The van der Waals surface area contributed by atoms with Gasteiger partial charge in [-0.05, 0) is 60.2 Å². The van der Waals surface area contributed by atoms with Crippen LogP contribution in [0.5, 0.6) is 0 Å². The quantitative estimate of drug-likeness (QED) is 0.422. The lowest BCUT2D eigenvalue weighted by Crippen LogP contribution is -2.37. The summed E-state index contributed by atoms with van der Waals surface area (Å²) in [4.78, 5) is 19.4. The molecule has 0 saturated carbocycles. The van der Waals surface area contributed by atoms with Gasteiger partial charge in [-0.25, -0.2) is 0 Å². The second kappa shape index (κ2) is 9.26. The Hall–Kier alpha value is -3.97. The van der Waals surface area contributed by atoms with Gasteiger partial charge in [-0.2, -0.15) is 0 Å². The molecule has 2 aromatic carbocycles. The smallest absolute Gasteiger partial charge is 0.244 e. The maximum Gasteiger partial charge on any atom is 0.244 e. The summed E-state index contributed by atoms with van der Waals surface area (Å²) in [6, 6.07) is 27.1. The minimum atomic E-state index is -0.182. The van der Waals surface area contributed by atoms with E-state index < -0.39 is 0 Å². The second-order valence-electron chi connectivity index (χ2n) is 7.86. The molecular formula is C26H23N5OS. The number of aromatic nitrogens is 2. The molecule has 5 rings (SSSR count). The molecule has 2 aromatic heterocycles. The maximum atomic E-state index is 12.9. The number of amides is 1. The molecular weight excluding hydrogens is 430 g/mol. The van der Waals surface area contributed by atoms with E-state index in [-0.39, 0.29) is 24.5 Å². The third kappa shape index (κ3) is 4.49. The van der Waals surface area contributed by atoms with Crippen LogP contribution in [0.4, 0.5) is 5.69 Å². The molecule has 164 valence electrons.